The summed E-state index contributed by atoms with van der Waals surface area (Å²) in [4.78, 5) is 24.8. The van der Waals surface area contributed by atoms with Crippen LogP contribution in [0, 0.1) is 22.2 Å². The van der Waals surface area contributed by atoms with Crippen molar-refractivity contribution in [2.24, 2.45) is 22.2 Å². The van der Waals surface area contributed by atoms with Gasteiger partial charge < -0.3 is 9.47 Å². The molecule has 3 fully saturated rings. The molecule has 0 aromatic rings. The van der Waals surface area contributed by atoms with Crippen LogP contribution >= 0.6 is 0 Å². The maximum Gasteiger partial charge on any atom is 0.315 e. The zero-order valence-corrected chi connectivity index (χ0v) is 11.1. The molecule has 19 heavy (non-hydrogen) atoms. The fraction of sp³-hybridized carbons (Fsp3) is 0.733. The molecule has 5 rings (SSSR count). The summed E-state index contributed by atoms with van der Waals surface area (Å²) >= 11 is 0. The van der Waals surface area contributed by atoms with Crippen molar-refractivity contribution in [1.82, 2.24) is 0 Å². The highest BCUT2D eigenvalue weighted by Gasteiger charge is 2.88. The summed E-state index contributed by atoms with van der Waals surface area (Å²) in [5.74, 6) is 0.277. The van der Waals surface area contributed by atoms with Crippen molar-refractivity contribution in [2.45, 2.75) is 39.4 Å². The van der Waals surface area contributed by atoms with Crippen LogP contribution in [0.1, 0.15) is 33.1 Å². The number of ketones is 1. The largest absolute Gasteiger partial charge is 0.435 e. The molecule has 1 spiro atoms. The Kier molecular flexibility index (Phi) is 1.41. The Bertz CT molecular complexity index is 601. The van der Waals surface area contributed by atoms with Crippen LogP contribution in [0.5, 0.6) is 0 Å². The predicted octanol–water partition coefficient (Wildman–Crippen LogP) is 1.59. The molecule has 4 atom stereocenters. The Morgan fingerprint density at radius 3 is 2.79 bits per heavy atom. The van der Waals surface area contributed by atoms with Gasteiger partial charge in [0, 0.05) is 16.9 Å². The number of carbonyl (C=O) groups excluding carboxylic acids is 2. The Hall–Kier alpha value is -1.16. The molecule has 2 heterocycles. The van der Waals surface area contributed by atoms with Gasteiger partial charge in [0.05, 0.1) is 17.4 Å². The molecule has 0 N–H and O–H groups in total. The van der Waals surface area contributed by atoms with Gasteiger partial charge in [0.1, 0.15) is 0 Å². The number of Topliss-reactive ketones (excluding diaryl/α,β-unsaturated/α-hetero) is 1. The van der Waals surface area contributed by atoms with Crippen molar-refractivity contribution >= 4 is 11.8 Å². The summed E-state index contributed by atoms with van der Waals surface area (Å²) < 4.78 is 11.1. The van der Waals surface area contributed by atoms with E-state index in [0.29, 0.717) is 6.61 Å². The van der Waals surface area contributed by atoms with Crippen molar-refractivity contribution < 1.29 is 19.1 Å². The monoisotopic (exact) mass is 260 g/mol. The molecule has 4 unspecified atom stereocenters. The molecular formula is C15H16O4. The Labute approximate surface area is 111 Å². The second-order valence-electron chi connectivity index (χ2n) is 7.51. The highest BCUT2D eigenvalue weighted by molar-refractivity contribution is 6.05. The van der Waals surface area contributed by atoms with Crippen molar-refractivity contribution in [3.05, 3.63) is 11.1 Å². The van der Waals surface area contributed by atoms with Crippen LogP contribution in [0.3, 0.4) is 0 Å². The molecule has 2 aliphatic heterocycles. The third kappa shape index (κ3) is 0.830. The fourth-order valence-corrected chi connectivity index (χ4v) is 5.28. The van der Waals surface area contributed by atoms with Crippen LogP contribution in [-0.4, -0.2) is 24.6 Å². The Morgan fingerprint density at radius 2 is 2.00 bits per heavy atom. The van der Waals surface area contributed by atoms with Gasteiger partial charge in [-0.3, -0.25) is 9.59 Å². The minimum atomic E-state index is -0.393. The van der Waals surface area contributed by atoms with E-state index < -0.39 is 6.29 Å². The number of allylic oxidation sites excluding steroid dienone is 1. The zero-order valence-electron chi connectivity index (χ0n) is 11.1. The predicted molar refractivity (Wildman–Crippen MR) is 63.9 cm³/mol. The maximum absolute atomic E-state index is 12.6. The molecule has 4 heteroatoms. The van der Waals surface area contributed by atoms with E-state index in [-0.39, 0.29) is 33.9 Å². The summed E-state index contributed by atoms with van der Waals surface area (Å²) in [5.41, 5.74) is 1.35. The lowest BCUT2D eigenvalue weighted by Gasteiger charge is -2.26. The minimum absolute atomic E-state index is 0.0918. The van der Waals surface area contributed by atoms with Gasteiger partial charge in [0.2, 0.25) is 6.29 Å². The quantitative estimate of drug-likeness (QED) is 0.621. The molecule has 0 aromatic heterocycles. The van der Waals surface area contributed by atoms with Crippen molar-refractivity contribution in [1.29, 1.82) is 0 Å². The van der Waals surface area contributed by atoms with Gasteiger partial charge in [0.25, 0.3) is 0 Å². The van der Waals surface area contributed by atoms with Crippen LogP contribution in [-0.2, 0) is 19.1 Å². The molecule has 4 nitrogen and oxygen atoms in total. The van der Waals surface area contributed by atoms with Crippen LogP contribution in [0.2, 0.25) is 0 Å². The first-order valence-electron chi connectivity index (χ1n) is 7.02. The lowest BCUT2D eigenvalue weighted by atomic mass is 9.71. The van der Waals surface area contributed by atoms with Crippen LogP contribution < -0.4 is 0 Å². The average Bonchev–Trinajstić information content (AvgIpc) is 2.70. The SMILES string of the molecule is CC1(C)CC2=C(C1=O)C1COC3OC(=O)C4(C2)CC314. The second kappa shape index (κ2) is 2.53. The second-order valence-corrected chi connectivity index (χ2v) is 7.51. The van der Waals surface area contributed by atoms with E-state index in [2.05, 4.69) is 0 Å². The van der Waals surface area contributed by atoms with E-state index in [1.807, 2.05) is 13.8 Å². The summed E-state index contributed by atoms with van der Waals surface area (Å²) in [5, 5.41) is 0. The van der Waals surface area contributed by atoms with Crippen LogP contribution in [0.15, 0.2) is 11.1 Å². The summed E-state index contributed by atoms with van der Waals surface area (Å²) in [6.45, 7) is 4.56. The van der Waals surface area contributed by atoms with Gasteiger partial charge in [0.15, 0.2) is 5.78 Å². The molecule has 2 saturated heterocycles. The van der Waals surface area contributed by atoms with Crippen LogP contribution in [0.25, 0.3) is 0 Å². The fourth-order valence-electron chi connectivity index (χ4n) is 5.28. The standard InChI is InChI=1S/C15H16O4/c1-13(2)3-7-4-14-6-15(14)8(9(7)10(13)16)5-18-12(15)19-11(14)17/h8,12H,3-6H2,1-2H3. The van der Waals surface area contributed by atoms with Crippen molar-refractivity contribution in [3.8, 4) is 0 Å². The lowest BCUT2D eigenvalue weighted by Crippen LogP contribution is -2.32. The first-order chi connectivity index (χ1) is 8.92. The van der Waals surface area contributed by atoms with E-state index in [4.69, 9.17) is 9.47 Å². The van der Waals surface area contributed by atoms with Gasteiger partial charge in [-0.25, -0.2) is 0 Å². The maximum atomic E-state index is 12.6. The number of ether oxygens (including phenoxy) is 2. The summed E-state index contributed by atoms with van der Waals surface area (Å²) in [6.07, 6.45) is 1.99. The first-order valence-corrected chi connectivity index (χ1v) is 7.02. The first kappa shape index (κ1) is 10.6. The number of fused-ring (bicyclic) bond motifs is 1. The third-order valence-electron chi connectivity index (χ3n) is 6.18. The highest BCUT2D eigenvalue weighted by atomic mass is 16.7. The van der Waals surface area contributed by atoms with E-state index in [1.165, 1.54) is 5.57 Å². The normalized spacial score (nSPS) is 51.9. The number of hydrogen-bond acceptors (Lipinski definition) is 4. The molecule has 3 aliphatic carbocycles. The molecule has 0 amide bonds. The van der Waals surface area contributed by atoms with E-state index in [0.717, 1.165) is 24.8 Å². The van der Waals surface area contributed by atoms with Gasteiger partial charge >= 0.3 is 5.97 Å². The van der Waals surface area contributed by atoms with Crippen molar-refractivity contribution in [3.63, 3.8) is 0 Å². The van der Waals surface area contributed by atoms with Crippen molar-refractivity contribution in [2.75, 3.05) is 6.61 Å². The molecule has 0 bridgehead atoms. The van der Waals surface area contributed by atoms with E-state index in [9.17, 15) is 9.59 Å². The Morgan fingerprint density at radius 1 is 1.21 bits per heavy atom. The number of esters is 1. The third-order valence-corrected chi connectivity index (χ3v) is 6.18. The molecule has 1 saturated carbocycles. The lowest BCUT2D eigenvalue weighted by molar-refractivity contribution is -0.167. The molecule has 5 aliphatic rings. The topological polar surface area (TPSA) is 52.6 Å². The molecular weight excluding hydrogens is 244 g/mol. The average molecular weight is 260 g/mol. The smallest absolute Gasteiger partial charge is 0.315 e. The highest BCUT2D eigenvalue weighted by Crippen LogP contribution is 2.83. The van der Waals surface area contributed by atoms with Crippen LogP contribution in [0.4, 0.5) is 0 Å². The van der Waals surface area contributed by atoms with Gasteiger partial charge in [-0.2, -0.15) is 0 Å². The minimum Gasteiger partial charge on any atom is -0.435 e. The van der Waals surface area contributed by atoms with E-state index in [1.54, 1.807) is 0 Å². The molecule has 100 valence electrons. The number of hydrogen-bond donors (Lipinski definition) is 0. The molecule has 0 radical (unpaired) electrons. The van der Waals surface area contributed by atoms with Gasteiger partial charge in [-0.15, -0.1) is 0 Å². The van der Waals surface area contributed by atoms with Gasteiger partial charge in [-0.1, -0.05) is 19.4 Å². The summed E-state index contributed by atoms with van der Waals surface area (Å²) in [7, 11) is 0. The number of rotatable bonds is 0. The number of carbonyl (C=O) groups is 2. The Balaban J connectivity index is 1.71. The molecule has 0 aromatic carbocycles. The summed E-state index contributed by atoms with van der Waals surface area (Å²) in [6, 6.07) is 0. The zero-order chi connectivity index (χ0) is 13.2. The van der Waals surface area contributed by atoms with E-state index >= 15 is 0 Å². The van der Waals surface area contributed by atoms with Gasteiger partial charge in [-0.05, 0) is 19.3 Å².